The fourth-order valence-electron chi connectivity index (χ4n) is 2.76. The first kappa shape index (κ1) is 16.8. The van der Waals surface area contributed by atoms with Gasteiger partial charge in [-0.05, 0) is 54.3 Å². The standard InChI is InChI=1S/C20H16F2N2O/c21-16-9-13(10-17(22)12-16)6-7-19-18(5-2-8-24-19)14-3-1-4-15(11-14)20(23)25/h1-5,8-12H,6-7H2,(H2,23,25). The number of nitrogens with zero attached hydrogens (tertiary/aromatic N) is 1. The molecule has 0 spiro atoms. The van der Waals surface area contributed by atoms with Crippen LogP contribution in [0.4, 0.5) is 8.78 Å². The summed E-state index contributed by atoms with van der Waals surface area (Å²) in [7, 11) is 0. The van der Waals surface area contributed by atoms with E-state index in [4.69, 9.17) is 5.73 Å². The molecule has 0 fully saturated rings. The maximum absolute atomic E-state index is 13.3. The van der Waals surface area contributed by atoms with Crippen molar-refractivity contribution < 1.29 is 13.6 Å². The number of aromatic nitrogens is 1. The number of rotatable bonds is 5. The molecule has 126 valence electrons. The van der Waals surface area contributed by atoms with Crippen molar-refractivity contribution in [3.05, 3.63) is 89.2 Å². The van der Waals surface area contributed by atoms with Crippen molar-refractivity contribution in [3.63, 3.8) is 0 Å². The van der Waals surface area contributed by atoms with E-state index in [1.54, 1.807) is 30.5 Å². The summed E-state index contributed by atoms with van der Waals surface area (Å²) in [5.74, 6) is -1.68. The van der Waals surface area contributed by atoms with Gasteiger partial charge in [0.05, 0.1) is 0 Å². The Morgan fingerprint density at radius 2 is 1.72 bits per heavy atom. The van der Waals surface area contributed by atoms with Crippen molar-refractivity contribution in [3.8, 4) is 11.1 Å². The molecule has 1 amide bonds. The van der Waals surface area contributed by atoms with E-state index in [2.05, 4.69) is 4.98 Å². The molecule has 3 nitrogen and oxygen atoms in total. The Labute approximate surface area is 144 Å². The van der Waals surface area contributed by atoms with Crippen molar-refractivity contribution in [2.75, 3.05) is 0 Å². The van der Waals surface area contributed by atoms with Gasteiger partial charge >= 0.3 is 0 Å². The van der Waals surface area contributed by atoms with Gasteiger partial charge in [-0.25, -0.2) is 8.78 Å². The molecule has 3 rings (SSSR count). The molecule has 0 radical (unpaired) electrons. The number of amides is 1. The third-order valence-electron chi connectivity index (χ3n) is 3.92. The van der Waals surface area contributed by atoms with Crippen LogP contribution >= 0.6 is 0 Å². The molecule has 2 aromatic carbocycles. The van der Waals surface area contributed by atoms with Gasteiger partial charge in [0.25, 0.3) is 0 Å². The Bertz CT molecular complexity index is 905. The number of halogens is 2. The fraction of sp³-hybridized carbons (Fsp3) is 0.100. The lowest BCUT2D eigenvalue weighted by atomic mass is 9.98. The Morgan fingerprint density at radius 3 is 2.44 bits per heavy atom. The summed E-state index contributed by atoms with van der Waals surface area (Å²) < 4.78 is 26.6. The fourth-order valence-corrected chi connectivity index (χ4v) is 2.76. The second kappa shape index (κ2) is 7.21. The van der Waals surface area contributed by atoms with Crippen molar-refractivity contribution in [1.82, 2.24) is 4.98 Å². The third kappa shape index (κ3) is 4.07. The highest BCUT2D eigenvalue weighted by atomic mass is 19.1. The second-order valence-corrected chi connectivity index (χ2v) is 5.72. The quantitative estimate of drug-likeness (QED) is 0.767. The molecule has 0 atom stereocenters. The average molecular weight is 338 g/mol. The van der Waals surface area contributed by atoms with E-state index in [-0.39, 0.29) is 0 Å². The van der Waals surface area contributed by atoms with Crippen LogP contribution in [-0.4, -0.2) is 10.9 Å². The van der Waals surface area contributed by atoms with Gasteiger partial charge in [-0.1, -0.05) is 18.2 Å². The van der Waals surface area contributed by atoms with Crippen LogP contribution in [0, 0.1) is 11.6 Å². The first-order chi connectivity index (χ1) is 12.0. The van der Waals surface area contributed by atoms with Crippen molar-refractivity contribution in [1.29, 1.82) is 0 Å². The van der Waals surface area contributed by atoms with Gasteiger partial charge in [0.15, 0.2) is 0 Å². The molecule has 0 saturated carbocycles. The largest absolute Gasteiger partial charge is 0.366 e. The zero-order valence-electron chi connectivity index (χ0n) is 13.4. The second-order valence-electron chi connectivity index (χ2n) is 5.72. The zero-order valence-corrected chi connectivity index (χ0v) is 13.4. The predicted molar refractivity (Wildman–Crippen MR) is 92.0 cm³/mol. The van der Waals surface area contributed by atoms with Gasteiger partial charge in [0, 0.05) is 29.1 Å². The number of nitrogens with two attached hydrogens (primary N) is 1. The van der Waals surface area contributed by atoms with Gasteiger partial charge in [-0.15, -0.1) is 0 Å². The van der Waals surface area contributed by atoms with E-state index in [9.17, 15) is 13.6 Å². The normalized spacial score (nSPS) is 10.6. The minimum atomic E-state index is -0.592. The molecule has 0 unspecified atom stereocenters. The zero-order chi connectivity index (χ0) is 17.8. The lowest BCUT2D eigenvalue weighted by Crippen LogP contribution is -2.10. The van der Waals surface area contributed by atoms with E-state index in [0.717, 1.165) is 22.9 Å². The van der Waals surface area contributed by atoms with E-state index in [0.29, 0.717) is 24.0 Å². The molecule has 0 saturated heterocycles. The third-order valence-corrected chi connectivity index (χ3v) is 3.92. The van der Waals surface area contributed by atoms with Crippen LogP contribution in [0.25, 0.3) is 11.1 Å². The lowest BCUT2D eigenvalue weighted by molar-refractivity contribution is 0.100. The van der Waals surface area contributed by atoms with Gasteiger partial charge in [0.2, 0.25) is 5.91 Å². The highest BCUT2D eigenvalue weighted by Crippen LogP contribution is 2.24. The predicted octanol–water partition coefficient (Wildman–Crippen LogP) is 3.91. The van der Waals surface area contributed by atoms with Gasteiger partial charge < -0.3 is 5.73 Å². The number of hydrogen-bond acceptors (Lipinski definition) is 2. The number of pyridine rings is 1. The highest BCUT2D eigenvalue weighted by Gasteiger charge is 2.09. The molecular formula is C20H16F2N2O. The topological polar surface area (TPSA) is 56.0 Å². The maximum atomic E-state index is 13.3. The Hall–Kier alpha value is -3.08. The van der Waals surface area contributed by atoms with Gasteiger partial charge in [-0.3, -0.25) is 9.78 Å². The monoisotopic (exact) mass is 338 g/mol. The summed E-state index contributed by atoms with van der Waals surface area (Å²) in [5.41, 5.74) is 8.80. The Kier molecular flexibility index (Phi) is 4.84. The van der Waals surface area contributed by atoms with E-state index >= 15 is 0 Å². The number of hydrogen-bond donors (Lipinski definition) is 1. The summed E-state index contributed by atoms with van der Waals surface area (Å²) in [6, 6.07) is 14.2. The first-order valence-corrected chi connectivity index (χ1v) is 7.82. The number of carbonyl (C=O) groups excluding carboxylic acids is 1. The summed E-state index contributed by atoms with van der Waals surface area (Å²) in [6.45, 7) is 0. The van der Waals surface area contributed by atoms with Crippen LogP contribution in [0.1, 0.15) is 21.6 Å². The molecule has 0 aliphatic carbocycles. The smallest absolute Gasteiger partial charge is 0.248 e. The molecule has 0 aliphatic rings. The average Bonchev–Trinajstić information content (AvgIpc) is 2.59. The minimum Gasteiger partial charge on any atom is -0.366 e. The summed E-state index contributed by atoms with van der Waals surface area (Å²) >= 11 is 0. The maximum Gasteiger partial charge on any atom is 0.248 e. The molecule has 3 aromatic rings. The summed E-state index contributed by atoms with van der Waals surface area (Å²) in [6.07, 6.45) is 2.64. The number of carbonyl (C=O) groups is 1. The highest BCUT2D eigenvalue weighted by molar-refractivity contribution is 5.94. The number of aryl methyl sites for hydroxylation is 2. The van der Waals surface area contributed by atoms with Gasteiger partial charge in [-0.2, -0.15) is 0 Å². The van der Waals surface area contributed by atoms with Crippen LogP contribution in [0.15, 0.2) is 60.8 Å². The summed E-state index contributed by atoms with van der Waals surface area (Å²) in [4.78, 5) is 15.8. The van der Waals surface area contributed by atoms with Crippen LogP contribution in [0.3, 0.4) is 0 Å². The molecule has 5 heteroatoms. The lowest BCUT2D eigenvalue weighted by Gasteiger charge is -2.10. The van der Waals surface area contributed by atoms with Crippen LogP contribution in [0.2, 0.25) is 0 Å². The SMILES string of the molecule is NC(=O)c1cccc(-c2cccnc2CCc2cc(F)cc(F)c2)c1. The van der Waals surface area contributed by atoms with E-state index < -0.39 is 17.5 Å². The summed E-state index contributed by atoms with van der Waals surface area (Å²) in [5, 5.41) is 0. The van der Waals surface area contributed by atoms with Crippen LogP contribution < -0.4 is 5.73 Å². The van der Waals surface area contributed by atoms with E-state index in [1.165, 1.54) is 12.1 Å². The van der Waals surface area contributed by atoms with Crippen molar-refractivity contribution >= 4 is 5.91 Å². The molecule has 0 aliphatic heterocycles. The number of primary amides is 1. The van der Waals surface area contributed by atoms with Crippen molar-refractivity contribution in [2.24, 2.45) is 5.73 Å². The van der Waals surface area contributed by atoms with Gasteiger partial charge in [0.1, 0.15) is 11.6 Å². The molecule has 0 bridgehead atoms. The Balaban J connectivity index is 1.88. The Morgan fingerprint density at radius 1 is 0.960 bits per heavy atom. The molecular weight excluding hydrogens is 322 g/mol. The number of benzene rings is 2. The minimum absolute atomic E-state index is 0.416. The van der Waals surface area contributed by atoms with Crippen molar-refractivity contribution in [2.45, 2.75) is 12.8 Å². The van der Waals surface area contributed by atoms with Crippen LogP contribution in [0.5, 0.6) is 0 Å². The molecule has 1 heterocycles. The van der Waals surface area contributed by atoms with Crippen LogP contribution in [-0.2, 0) is 12.8 Å². The first-order valence-electron chi connectivity index (χ1n) is 7.82. The molecule has 25 heavy (non-hydrogen) atoms. The molecule has 2 N–H and O–H groups in total. The molecule has 1 aromatic heterocycles. The van der Waals surface area contributed by atoms with E-state index in [1.807, 2.05) is 12.1 Å².